The summed E-state index contributed by atoms with van der Waals surface area (Å²) in [5, 5.41) is 0.969. The van der Waals surface area contributed by atoms with Gasteiger partial charge in [-0.1, -0.05) is 6.92 Å². The molecule has 0 spiro atoms. The molecular formula is C15H27Cl2N5O2S. The number of carbonyl (C=O) groups excluding carboxylic acids is 1. The van der Waals surface area contributed by atoms with E-state index in [2.05, 4.69) is 21.2 Å². The van der Waals surface area contributed by atoms with E-state index in [1.807, 2.05) is 4.90 Å². The van der Waals surface area contributed by atoms with Crippen LogP contribution in [0.3, 0.4) is 0 Å². The van der Waals surface area contributed by atoms with Crippen LogP contribution in [-0.4, -0.2) is 65.1 Å². The van der Waals surface area contributed by atoms with E-state index >= 15 is 0 Å². The van der Waals surface area contributed by atoms with Crippen LogP contribution in [0.1, 0.15) is 32.0 Å². The molecule has 2 atom stereocenters. The lowest BCUT2D eigenvalue weighted by Crippen LogP contribution is -2.41. The molecule has 2 fully saturated rings. The van der Waals surface area contributed by atoms with Gasteiger partial charge in [0.2, 0.25) is 5.13 Å². The molecule has 0 aliphatic carbocycles. The molecule has 2 saturated heterocycles. The molecule has 3 rings (SSSR count). The molecule has 144 valence electrons. The fraction of sp³-hybridized carbons (Fsp3) is 0.800. The van der Waals surface area contributed by atoms with Crippen LogP contribution in [-0.2, 0) is 16.0 Å². The molecule has 0 saturated carbocycles. The Kier molecular flexibility index (Phi) is 9.37. The Morgan fingerprint density at radius 2 is 2.08 bits per heavy atom. The lowest BCUT2D eigenvalue weighted by atomic mass is 10.2. The summed E-state index contributed by atoms with van der Waals surface area (Å²) in [6.45, 7) is 5.77. The average Bonchev–Trinajstić information content (AvgIpc) is 3.18. The highest BCUT2D eigenvalue weighted by Gasteiger charge is 2.33. The lowest BCUT2D eigenvalue weighted by molar-refractivity contribution is -0.142. The van der Waals surface area contributed by atoms with Crippen molar-refractivity contribution in [3.63, 3.8) is 0 Å². The maximum atomic E-state index is 12.6. The fourth-order valence-electron chi connectivity index (χ4n) is 3.11. The smallest absolute Gasteiger partial charge is 0.251 e. The molecule has 10 heteroatoms. The number of aryl methyl sites for hydroxylation is 1. The van der Waals surface area contributed by atoms with Crippen molar-refractivity contribution in [2.24, 2.45) is 5.73 Å². The van der Waals surface area contributed by atoms with Crippen LogP contribution >= 0.6 is 36.3 Å². The summed E-state index contributed by atoms with van der Waals surface area (Å²) in [7, 11) is 0. The molecule has 0 unspecified atom stereocenters. The van der Waals surface area contributed by atoms with Crippen molar-refractivity contribution in [2.75, 3.05) is 37.6 Å². The minimum absolute atomic E-state index is 0. The first kappa shape index (κ1) is 22.4. The van der Waals surface area contributed by atoms with E-state index in [4.69, 9.17) is 10.5 Å². The molecule has 1 amide bonds. The second-order valence-electron chi connectivity index (χ2n) is 6.07. The minimum Gasteiger partial charge on any atom is -0.364 e. The number of carbonyl (C=O) groups is 1. The van der Waals surface area contributed by atoms with E-state index in [-0.39, 0.29) is 42.9 Å². The van der Waals surface area contributed by atoms with E-state index in [0.29, 0.717) is 13.1 Å². The molecule has 0 radical (unpaired) electrons. The van der Waals surface area contributed by atoms with Crippen LogP contribution in [0.2, 0.25) is 0 Å². The third-order valence-electron chi connectivity index (χ3n) is 4.50. The highest BCUT2D eigenvalue weighted by atomic mass is 35.5. The molecule has 1 aromatic rings. The fourth-order valence-corrected chi connectivity index (χ4v) is 3.91. The summed E-state index contributed by atoms with van der Waals surface area (Å²) in [6.07, 6.45) is 3.22. The van der Waals surface area contributed by atoms with E-state index in [1.54, 1.807) is 0 Å². The number of halogens is 2. The first-order valence-corrected chi connectivity index (χ1v) is 9.20. The number of rotatable bonds is 4. The van der Waals surface area contributed by atoms with Crippen molar-refractivity contribution in [3.8, 4) is 0 Å². The summed E-state index contributed by atoms with van der Waals surface area (Å²) in [4.78, 5) is 21.4. The van der Waals surface area contributed by atoms with Gasteiger partial charge in [0.05, 0.1) is 6.10 Å². The largest absolute Gasteiger partial charge is 0.364 e. The van der Waals surface area contributed by atoms with Crippen molar-refractivity contribution in [2.45, 2.75) is 44.8 Å². The van der Waals surface area contributed by atoms with Crippen LogP contribution in [0.5, 0.6) is 0 Å². The van der Waals surface area contributed by atoms with E-state index in [1.165, 1.54) is 11.5 Å². The normalized spacial score (nSPS) is 23.6. The number of nitrogens with two attached hydrogens (primary N) is 1. The number of ether oxygens (including phenoxy) is 1. The van der Waals surface area contributed by atoms with Gasteiger partial charge in [0.15, 0.2) is 0 Å². The SMILES string of the molecule is CCc1nsc(N2CCCN(C(=O)[C@@H]3CC[C@H](CN)O3)CC2)n1.Cl.Cl. The van der Waals surface area contributed by atoms with Crippen molar-refractivity contribution >= 4 is 47.4 Å². The molecular weight excluding hydrogens is 385 g/mol. The number of aromatic nitrogens is 2. The van der Waals surface area contributed by atoms with E-state index < -0.39 is 0 Å². The van der Waals surface area contributed by atoms with Gasteiger partial charge < -0.3 is 20.3 Å². The van der Waals surface area contributed by atoms with Crippen LogP contribution < -0.4 is 10.6 Å². The van der Waals surface area contributed by atoms with Gasteiger partial charge in [-0.25, -0.2) is 4.98 Å². The Labute approximate surface area is 165 Å². The topological polar surface area (TPSA) is 84.6 Å². The first-order valence-electron chi connectivity index (χ1n) is 8.43. The van der Waals surface area contributed by atoms with Crippen molar-refractivity contribution in [1.82, 2.24) is 14.3 Å². The Balaban J connectivity index is 0.00000156. The highest BCUT2D eigenvalue weighted by Crippen LogP contribution is 2.23. The third kappa shape index (κ3) is 5.40. The maximum Gasteiger partial charge on any atom is 0.251 e. The van der Waals surface area contributed by atoms with Gasteiger partial charge in [0.1, 0.15) is 11.9 Å². The maximum absolute atomic E-state index is 12.6. The monoisotopic (exact) mass is 411 g/mol. The molecule has 0 aromatic carbocycles. The van der Waals surface area contributed by atoms with Gasteiger partial charge in [-0.3, -0.25) is 4.79 Å². The molecule has 2 aliphatic heterocycles. The Morgan fingerprint density at radius 1 is 1.28 bits per heavy atom. The predicted molar refractivity (Wildman–Crippen MR) is 104 cm³/mol. The standard InChI is InChI=1S/C15H25N5O2S.2ClH/c1-2-13-17-15(23-18-13)20-7-3-6-19(8-9-20)14(21)12-5-4-11(10-16)22-12;;/h11-12H,2-10,16H2,1H3;2*1H/t11-,12+;;/m1../s1. The summed E-state index contributed by atoms with van der Waals surface area (Å²) in [6, 6.07) is 0. The highest BCUT2D eigenvalue weighted by molar-refractivity contribution is 7.09. The van der Waals surface area contributed by atoms with E-state index in [0.717, 1.165) is 56.3 Å². The quantitative estimate of drug-likeness (QED) is 0.807. The molecule has 7 nitrogen and oxygen atoms in total. The third-order valence-corrected chi connectivity index (χ3v) is 5.31. The Morgan fingerprint density at radius 3 is 2.72 bits per heavy atom. The average molecular weight is 412 g/mol. The van der Waals surface area contributed by atoms with Crippen LogP contribution in [0.4, 0.5) is 5.13 Å². The predicted octanol–water partition coefficient (Wildman–Crippen LogP) is 1.49. The summed E-state index contributed by atoms with van der Waals surface area (Å²) >= 11 is 1.45. The first-order chi connectivity index (χ1) is 11.2. The summed E-state index contributed by atoms with van der Waals surface area (Å²) in [5.74, 6) is 1.02. The van der Waals surface area contributed by atoms with Gasteiger partial charge in [0, 0.05) is 50.7 Å². The van der Waals surface area contributed by atoms with Gasteiger partial charge in [-0.2, -0.15) is 4.37 Å². The molecule has 1 aromatic heterocycles. The number of hydrogen-bond acceptors (Lipinski definition) is 7. The number of anilines is 1. The van der Waals surface area contributed by atoms with Crippen molar-refractivity contribution in [1.29, 1.82) is 0 Å². The van der Waals surface area contributed by atoms with Crippen molar-refractivity contribution < 1.29 is 9.53 Å². The van der Waals surface area contributed by atoms with Gasteiger partial charge in [-0.05, 0) is 19.3 Å². The Bertz CT molecular complexity index is 548. The van der Waals surface area contributed by atoms with Crippen LogP contribution in [0.25, 0.3) is 0 Å². The second kappa shape index (κ2) is 10.5. The molecule has 0 bridgehead atoms. The lowest BCUT2D eigenvalue weighted by Gasteiger charge is -2.24. The summed E-state index contributed by atoms with van der Waals surface area (Å²) in [5.41, 5.74) is 5.63. The van der Waals surface area contributed by atoms with Gasteiger partial charge in [0.25, 0.3) is 5.91 Å². The molecule has 25 heavy (non-hydrogen) atoms. The summed E-state index contributed by atoms with van der Waals surface area (Å²) < 4.78 is 10.1. The molecule has 2 aliphatic rings. The van der Waals surface area contributed by atoms with Crippen molar-refractivity contribution in [3.05, 3.63) is 5.82 Å². The number of nitrogens with zero attached hydrogens (tertiary/aromatic N) is 4. The number of hydrogen-bond donors (Lipinski definition) is 1. The Hall–Kier alpha value is -0.670. The van der Waals surface area contributed by atoms with Crippen LogP contribution in [0, 0.1) is 0 Å². The zero-order valence-corrected chi connectivity index (χ0v) is 16.9. The second-order valence-corrected chi connectivity index (χ2v) is 6.80. The zero-order valence-electron chi connectivity index (χ0n) is 14.4. The van der Waals surface area contributed by atoms with Gasteiger partial charge in [-0.15, -0.1) is 24.8 Å². The molecule has 2 N–H and O–H groups in total. The number of amides is 1. The molecule has 3 heterocycles. The van der Waals surface area contributed by atoms with E-state index in [9.17, 15) is 4.79 Å². The zero-order chi connectivity index (χ0) is 16.2. The van der Waals surface area contributed by atoms with Crippen LogP contribution in [0.15, 0.2) is 0 Å². The minimum atomic E-state index is -0.302. The van der Waals surface area contributed by atoms with Gasteiger partial charge >= 0.3 is 0 Å².